The van der Waals surface area contributed by atoms with Gasteiger partial charge in [0.1, 0.15) is 11.5 Å². The van der Waals surface area contributed by atoms with Gasteiger partial charge in [-0.1, -0.05) is 36.4 Å². The van der Waals surface area contributed by atoms with Crippen molar-refractivity contribution in [2.24, 2.45) is 0 Å². The van der Waals surface area contributed by atoms with Crippen LogP contribution in [0.15, 0.2) is 72.8 Å². The molecular formula is C26H30N2O5S. The standard InChI is InChI=1S/C26H30N2O5S/c1-5-33-25-9-7-6-8-24(25)28(34(4,30)31)18-20-10-12-22(13-11-20)26(29)27-19(2)21-14-16-23(32-3)17-15-21/h6-17,19H,5,18H2,1-4H3,(H,27,29). The van der Waals surface area contributed by atoms with Gasteiger partial charge in [0.05, 0.1) is 38.2 Å². The van der Waals surface area contributed by atoms with Crippen molar-refractivity contribution in [3.63, 3.8) is 0 Å². The van der Waals surface area contributed by atoms with Crippen LogP contribution in [0.1, 0.15) is 41.4 Å². The van der Waals surface area contributed by atoms with E-state index in [-0.39, 0.29) is 18.5 Å². The largest absolute Gasteiger partial charge is 0.497 e. The van der Waals surface area contributed by atoms with Crippen molar-refractivity contribution in [2.45, 2.75) is 26.4 Å². The van der Waals surface area contributed by atoms with Crippen LogP contribution < -0.4 is 19.1 Å². The fourth-order valence-corrected chi connectivity index (χ4v) is 4.40. The molecule has 0 saturated heterocycles. The predicted molar refractivity (Wildman–Crippen MR) is 134 cm³/mol. The first-order valence-corrected chi connectivity index (χ1v) is 12.8. The van der Waals surface area contributed by atoms with E-state index in [2.05, 4.69) is 5.32 Å². The lowest BCUT2D eigenvalue weighted by Gasteiger charge is -2.24. The summed E-state index contributed by atoms with van der Waals surface area (Å²) in [6.07, 6.45) is 1.16. The van der Waals surface area contributed by atoms with Gasteiger partial charge in [-0.25, -0.2) is 8.42 Å². The zero-order valence-corrected chi connectivity index (χ0v) is 20.6. The number of carbonyl (C=O) groups is 1. The summed E-state index contributed by atoms with van der Waals surface area (Å²) in [5.41, 5.74) is 2.67. The maximum Gasteiger partial charge on any atom is 0.251 e. The number of methoxy groups -OCH3 is 1. The van der Waals surface area contributed by atoms with Crippen LogP contribution in [-0.4, -0.2) is 34.3 Å². The summed E-state index contributed by atoms with van der Waals surface area (Å²) in [5.74, 6) is 1.04. The maximum absolute atomic E-state index is 12.7. The van der Waals surface area contributed by atoms with Crippen LogP contribution in [0.5, 0.6) is 11.5 Å². The Kier molecular flexibility index (Phi) is 8.17. The summed E-state index contributed by atoms with van der Waals surface area (Å²) in [6, 6.07) is 21.3. The molecule has 1 amide bonds. The Balaban J connectivity index is 1.74. The lowest BCUT2D eigenvalue weighted by Crippen LogP contribution is -2.30. The van der Waals surface area contributed by atoms with E-state index in [0.717, 1.165) is 23.1 Å². The van der Waals surface area contributed by atoms with Crippen molar-refractivity contribution in [3.05, 3.63) is 89.5 Å². The second-order valence-corrected chi connectivity index (χ2v) is 9.74. The van der Waals surface area contributed by atoms with E-state index in [1.807, 2.05) is 38.1 Å². The summed E-state index contributed by atoms with van der Waals surface area (Å²) in [4.78, 5) is 12.7. The van der Waals surface area contributed by atoms with Crippen molar-refractivity contribution < 1.29 is 22.7 Å². The first-order chi connectivity index (χ1) is 16.2. The molecule has 3 aromatic carbocycles. The van der Waals surface area contributed by atoms with E-state index < -0.39 is 10.0 Å². The molecule has 1 N–H and O–H groups in total. The van der Waals surface area contributed by atoms with E-state index in [1.165, 1.54) is 4.31 Å². The van der Waals surface area contributed by atoms with Gasteiger partial charge >= 0.3 is 0 Å². The third-order valence-electron chi connectivity index (χ3n) is 5.34. The number of sulfonamides is 1. The van der Waals surface area contributed by atoms with Gasteiger partial charge in [0.15, 0.2) is 0 Å². The van der Waals surface area contributed by atoms with E-state index in [1.54, 1.807) is 55.6 Å². The van der Waals surface area contributed by atoms with Gasteiger partial charge in [-0.15, -0.1) is 0 Å². The zero-order valence-electron chi connectivity index (χ0n) is 19.8. The Hall–Kier alpha value is -3.52. The highest BCUT2D eigenvalue weighted by Crippen LogP contribution is 2.31. The van der Waals surface area contributed by atoms with Gasteiger partial charge in [0.25, 0.3) is 5.91 Å². The van der Waals surface area contributed by atoms with E-state index in [9.17, 15) is 13.2 Å². The molecule has 1 unspecified atom stereocenters. The molecule has 180 valence electrons. The average molecular weight is 483 g/mol. The number of hydrogen-bond donors (Lipinski definition) is 1. The summed E-state index contributed by atoms with van der Waals surface area (Å²) >= 11 is 0. The lowest BCUT2D eigenvalue weighted by atomic mass is 10.1. The summed E-state index contributed by atoms with van der Waals surface area (Å²) in [7, 11) is -1.96. The fraction of sp³-hybridized carbons (Fsp3) is 0.269. The number of hydrogen-bond acceptors (Lipinski definition) is 5. The number of carbonyl (C=O) groups excluding carboxylic acids is 1. The minimum absolute atomic E-state index is 0.118. The van der Waals surface area contributed by atoms with Crippen molar-refractivity contribution in [1.82, 2.24) is 5.32 Å². The number of nitrogens with zero attached hydrogens (tertiary/aromatic N) is 1. The van der Waals surface area contributed by atoms with E-state index in [4.69, 9.17) is 9.47 Å². The Morgan fingerprint density at radius 3 is 2.24 bits per heavy atom. The lowest BCUT2D eigenvalue weighted by molar-refractivity contribution is 0.0940. The Morgan fingerprint density at radius 2 is 1.65 bits per heavy atom. The molecule has 8 heteroatoms. The van der Waals surface area contributed by atoms with Crippen LogP contribution in [0.25, 0.3) is 0 Å². The van der Waals surface area contributed by atoms with Gasteiger partial charge in [-0.3, -0.25) is 9.10 Å². The summed E-state index contributed by atoms with van der Waals surface area (Å²) in [5, 5.41) is 2.98. The summed E-state index contributed by atoms with van der Waals surface area (Å²) in [6.45, 7) is 4.30. The van der Waals surface area contributed by atoms with Crippen molar-refractivity contribution in [2.75, 3.05) is 24.3 Å². The predicted octanol–water partition coefficient (Wildman–Crippen LogP) is 4.55. The molecule has 7 nitrogen and oxygen atoms in total. The Labute approximate surface area is 201 Å². The van der Waals surface area contributed by atoms with E-state index in [0.29, 0.717) is 23.6 Å². The molecule has 1 atom stereocenters. The molecule has 0 aliphatic heterocycles. The normalized spacial score (nSPS) is 12.0. The van der Waals surface area contributed by atoms with Crippen LogP contribution in [-0.2, 0) is 16.6 Å². The fourth-order valence-electron chi connectivity index (χ4n) is 3.51. The number of rotatable bonds is 10. The van der Waals surface area contributed by atoms with Crippen LogP contribution in [0.4, 0.5) is 5.69 Å². The van der Waals surface area contributed by atoms with E-state index >= 15 is 0 Å². The van der Waals surface area contributed by atoms with Crippen LogP contribution in [0.3, 0.4) is 0 Å². The first kappa shape index (κ1) is 25.1. The quantitative estimate of drug-likeness (QED) is 0.458. The molecule has 0 saturated carbocycles. The smallest absolute Gasteiger partial charge is 0.251 e. The molecule has 0 heterocycles. The monoisotopic (exact) mass is 482 g/mol. The molecule has 0 spiro atoms. The minimum Gasteiger partial charge on any atom is -0.497 e. The Morgan fingerprint density at radius 1 is 1.00 bits per heavy atom. The first-order valence-electron chi connectivity index (χ1n) is 11.0. The molecule has 0 aliphatic rings. The van der Waals surface area contributed by atoms with Gasteiger partial charge in [0, 0.05) is 5.56 Å². The van der Waals surface area contributed by atoms with Gasteiger partial charge < -0.3 is 14.8 Å². The molecule has 0 aromatic heterocycles. The molecular weight excluding hydrogens is 452 g/mol. The Bertz CT molecular complexity index is 1210. The van der Waals surface area contributed by atoms with Crippen LogP contribution in [0.2, 0.25) is 0 Å². The zero-order chi connectivity index (χ0) is 24.7. The number of amides is 1. The van der Waals surface area contributed by atoms with Crippen molar-refractivity contribution in [3.8, 4) is 11.5 Å². The highest BCUT2D eigenvalue weighted by molar-refractivity contribution is 7.92. The summed E-state index contributed by atoms with van der Waals surface area (Å²) < 4.78 is 37.2. The maximum atomic E-state index is 12.7. The van der Waals surface area contributed by atoms with Gasteiger partial charge in [-0.2, -0.15) is 0 Å². The number of nitrogens with one attached hydrogen (secondary N) is 1. The molecule has 0 aliphatic carbocycles. The molecule has 0 fully saturated rings. The number of ether oxygens (including phenoxy) is 2. The minimum atomic E-state index is -3.57. The van der Waals surface area contributed by atoms with Gasteiger partial charge in [-0.05, 0) is 61.4 Å². The molecule has 0 radical (unpaired) electrons. The van der Waals surface area contributed by atoms with Gasteiger partial charge in [0.2, 0.25) is 10.0 Å². The highest BCUT2D eigenvalue weighted by atomic mass is 32.2. The van der Waals surface area contributed by atoms with Crippen molar-refractivity contribution in [1.29, 1.82) is 0 Å². The molecule has 3 rings (SSSR count). The number of anilines is 1. The van der Waals surface area contributed by atoms with Crippen molar-refractivity contribution >= 4 is 21.6 Å². The average Bonchev–Trinajstić information content (AvgIpc) is 2.83. The number of para-hydroxylation sites is 2. The molecule has 0 bridgehead atoms. The second-order valence-electron chi connectivity index (χ2n) is 7.84. The molecule has 3 aromatic rings. The third-order valence-corrected chi connectivity index (χ3v) is 6.47. The van der Waals surface area contributed by atoms with Crippen LogP contribution >= 0.6 is 0 Å². The highest BCUT2D eigenvalue weighted by Gasteiger charge is 2.21. The SMILES string of the molecule is CCOc1ccccc1N(Cc1ccc(C(=O)NC(C)c2ccc(OC)cc2)cc1)S(C)(=O)=O. The number of benzene rings is 3. The second kappa shape index (κ2) is 11.1. The topological polar surface area (TPSA) is 84.9 Å². The van der Waals surface area contributed by atoms with Crippen LogP contribution in [0, 0.1) is 0 Å². The molecule has 34 heavy (non-hydrogen) atoms. The third kappa shape index (κ3) is 6.29.